The van der Waals surface area contributed by atoms with Crippen LogP contribution in [0.1, 0.15) is 28.8 Å². The van der Waals surface area contributed by atoms with Crippen molar-refractivity contribution in [2.75, 3.05) is 37.6 Å². The minimum Gasteiger partial charge on any atom is -0.478 e. The molecule has 0 atom stereocenters. The van der Waals surface area contributed by atoms with E-state index in [0.717, 1.165) is 79.5 Å². The van der Waals surface area contributed by atoms with Gasteiger partial charge in [0.1, 0.15) is 11.4 Å². The Labute approximate surface area is 195 Å². The first-order chi connectivity index (χ1) is 16.5. The molecule has 4 aromatic rings. The predicted octanol–water partition coefficient (Wildman–Crippen LogP) is 4.26. The molecule has 1 fully saturated rings. The lowest BCUT2D eigenvalue weighted by molar-refractivity contribution is 0.0697. The zero-order chi connectivity index (χ0) is 23.7. The summed E-state index contributed by atoms with van der Waals surface area (Å²) in [6, 6.07) is 11.0. The van der Waals surface area contributed by atoms with Gasteiger partial charge in [-0.25, -0.2) is 14.0 Å². The molecule has 176 valence electrons. The number of aryl methyl sites for hydroxylation is 1. The first-order valence-electron chi connectivity index (χ1n) is 11.5. The molecule has 2 N–H and O–H groups in total. The van der Waals surface area contributed by atoms with Gasteiger partial charge in [-0.1, -0.05) is 0 Å². The zero-order valence-corrected chi connectivity index (χ0v) is 18.7. The van der Waals surface area contributed by atoms with Crippen LogP contribution in [0.5, 0.6) is 0 Å². The summed E-state index contributed by atoms with van der Waals surface area (Å²) in [5.74, 6) is -1.34. The monoisotopic (exact) mass is 463 g/mol. The quantitative estimate of drug-likeness (QED) is 0.315. The molecular weight excluding hydrogens is 437 g/mol. The van der Waals surface area contributed by atoms with Gasteiger partial charge in [0.2, 0.25) is 0 Å². The number of nitrogens with zero attached hydrogens (tertiary/aromatic N) is 2. The highest BCUT2D eigenvalue weighted by atomic mass is 19.1. The number of hydrogen-bond acceptors (Lipinski definition) is 5. The number of unbranched alkanes of at least 4 members (excludes halogenated alkanes) is 1. The lowest BCUT2D eigenvalue weighted by Crippen LogP contribution is -2.46. The van der Waals surface area contributed by atoms with Crippen LogP contribution in [0.2, 0.25) is 0 Å². The van der Waals surface area contributed by atoms with Gasteiger partial charge in [-0.3, -0.25) is 4.90 Å². The number of aromatic nitrogens is 1. The molecule has 2 aromatic heterocycles. The second-order valence-corrected chi connectivity index (χ2v) is 8.76. The van der Waals surface area contributed by atoms with Gasteiger partial charge in [-0.15, -0.1) is 0 Å². The van der Waals surface area contributed by atoms with E-state index in [1.54, 1.807) is 18.2 Å². The van der Waals surface area contributed by atoms with Crippen LogP contribution in [0.4, 0.5) is 10.1 Å². The summed E-state index contributed by atoms with van der Waals surface area (Å²) in [4.78, 5) is 31.0. The zero-order valence-electron chi connectivity index (χ0n) is 18.7. The molecule has 1 saturated heterocycles. The molecular formula is C26H26FN3O4. The topological polar surface area (TPSA) is 89.8 Å². The van der Waals surface area contributed by atoms with E-state index in [1.165, 1.54) is 18.2 Å². The minimum atomic E-state index is -0.912. The molecule has 1 aliphatic heterocycles. The summed E-state index contributed by atoms with van der Waals surface area (Å²) in [7, 11) is 0. The lowest BCUT2D eigenvalue weighted by Gasteiger charge is -2.36. The molecule has 34 heavy (non-hydrogen) atoms. The van der Waals surface area contributed by atoms with Crippen LogP contribution in [-0.2, 0) is 6.42 Å². The van der Waals surface area contributed by atoms with Crippen molar-refractivity contribution in [1.29, 1.82) is 0 Å². The standard InChI is InChI=1S/C26H26FN3O4/c27-19-5-6-20-23(15-25(31)34-24(20)14-19)30-11-9-29(10-12-30)8-2-1-3-18-16-28-22-7-4-17(26(32)33)13-21(18)22/h4-7,13-16,28H,1-3,8-12H2,(H,32,33). The van der Waals surface area contributed by atoms with Crippen LogP contribution in [0, 0.1) is 5.82 Å². The largest absolute Gasteiger partial charge is 0.478 e. The minimum absolute atomic E-state index is 0.276. The molecule has 0 radical (unpaired) electrons. The average Bonchev–Trinajstić information content (AvgIpc) is 3.23. The summed E-state index contributed by atoms with van der Waals surface area (Å²) in [5.41, 5.74) is 3.02. The molecule has 0 saturated carbocycles. The van der Waals surface area contributed by atoms with Gasteiger partial charge in [0.25, 0.3) is 0 Å². The second-order valence-electron chi connectivity index (χ2n) is 8.76. The fraction of sp³-hybridized carbons (Fsp3) is 0.308. The van der Waals surface area contributed by atoms with Crippen LogP contribution in [0.15, 0.2) is 57.9 Å². The summed E-state index contributed by atoms with van der Waals surface area (Å²) in [6.45, 7) is 4.34. The Morgan fingerprint density at radius 3 is 2.65 bits per heavy atom. The molecule has 8 heteroatoms. The average molecular weight is 464 g/mol. The third-order valence-corrected chi connectivity index (χ3v) is 6.58. The molecule has 2 aromatic carbocycles. The summed E-state index contributed by atoms with van der Waals surface area (Å²) in [6.07, 6.45) is 4.93. The highest BCUT2D eigenvalue weighted by molar-refractivity contribution is 5.94. The van der Waals surface area contributed by atoms with Crippen molar-refractivity contribution < 1.29 is 18.7 Å². The fourth-order valence-corrected chi connectivity index (χ4v) is 4.76. The summed E-state index contributed by atoms with van der Waals surface area (Å²) >= 11 is 0. The predicted molar refractivity (Wildman–Crippen MR) is 129 cm³/mol. The Kier molecular flexibility index (Phi) is 6.06. The number of aromatic amines is 1. The molecule has 7 nitrogen and oxygen atoms in total. The van der Waals surface area contributed by atoms with Gasteiger partial charge in [0.15, 0.2) is 0 Å². The number of fused-ring (bicyclic) bond motifs is 2. The number of nitrogens with one attached hydrogen (secondary N) is 1. The van der Waals surface area contributed by atoms with E-state index >= 15 is 0 Å². The van der Waals surface area contributed by atoms with Gasteiger partial charge in [-0.05, 0) is 61.7 Å². The molecule has 5 rings (SSSR count). The molecule has 1 aliphatic rings. The number of rotatable bonds is 7. The first kappa shape index (κ1) is 22.2. The van der Waals surface area contributed by atoms with Crippen molar-refractivity contribution in [3.8, 4) is 0 Å². The molecule has 0 unspecified atom stereocenters. The van der Waals surface area contributed by atoms with E-state index in [9.17, 15) is 19.1 Å². The maximum Gasteiger partial charge on any atom is 0.338 e. The molecule has 3 heterocycles. The SMILES string of the molecule is O=C(O)c1ccc2[nH]cc(CCCCN3CCN(c4cc(=O)oc5cc(F)ccc45)CC3)c2c1. The summed E-state index contributed by atoms with van der Waals surface area (Å²) < 4.78 is 18.7. The number of benzene rings is 2. The van der Waals surface area contributed by atoms with Crippen molar-refractivity contribution >= 4 is 33.5 Å². The Morgan fingerprint density at radius 1 is 1.03 bits per heavy atom. The smallest absolute Gasteiger partial charge is 0.338 e. The van der Waals surface area contributed by atoms with E-state index in [0.29, 0.717) is 5.56 Å². The lowest BCUT2D eigenvalue weighted by atomic mass is 10.0. The van der Waals surface area contributed by atoms with Gasteiger partial charge in [0, 0.05) is 60.8 Å². The van der Waals surface area contributed by atoms with Gasteiger partial charge in [-0.2, -0.15) is 0 Å². The molecule has 0 spiro atoms. The maximum atomic E-state index is 13.5. The number of hydrogen-bond donors (Lipinski definition) is 2. The molecule has 0 bridgehead atoms. The fourth-order valence-electron chi connectivity index (χ4n) is 4.76. The summed E-state index contributed by atoms with van der Waals surface area (Å²) in [5, 5.41) is 11.0. The normalized spacial score (nSPS) is 14.8. The Bertz CT molecular complexity index is 1400. The van der Waals surface area contributed by atoms with E-state index in [2.05, 4.69) is 14.8 Å². The third kappa shape index (κ3) is 4.54. The van der Waals surface area contributed by atoms with E-state index in [4.69, 9.17) is 4.42 Å². The van der Waals surface area contributed by atoms with Crippen molar-refractivity contribution in [3.05, 3.63) is 76.0 Å². The Hall–Kier alpha value is -3.65. The Balaban J connectivity index is 1.15. The number of carboxylic acids is 1. The van der Waals surface area contributed by atoms with Gasteiger partial charge < -0.3 is 19.4 Å². The number of piperazine rings is 1. The van der Waals surface area contributed by atoms with Crippen molar-refractivity contribution in [2.45, 2.75) is 19.3 Å². The van der Waals surface area contributed by atoms with Gasteiger partial charge in [0.05, 0.1) is 11.3 Å². The second kappa shape index (κ2) is 9.30. The number of anilines is 1. The Morgan fingerprint density at radius 2 is 1.85 bits per heavy atom. The molecule has 0 amide bonds. The highest BCUT2D eigenvalue weighted by Crippen LogP contribution is 2.27. The number of H-pyrrole nitrogens is 1. The number of carboxylic acid groups (broad SMARTS) is 1. The van der Waals surface area contributed by atoms with E-state index in [1.807, 2.05) is 12.3 Å². The molecule has 0 aliphatic carbocycles. The number of halogens is 1. The van der Waals surface area contributed by atoms with Gasteiger partial charge >= 0.3 is 11.6 Å². The van der Waals surface area contributed by atoms with Crippen LogP contribution in [0.3, 0.4) is 0 Å². The van der Waals surface area contributed by atoms with Crippen LogP contribution in [-0.4, -0.2) is 53.7 Å². The number of carbonyl (C=O) groups is 1. The highest BCUT2D eigenvalue weighted by Gasteiger charge is 2.20. The maximum absolute atomic E-state index is 13.5. The van der Waals surface area contributed by atoms with E-state index in [-0.39, 0.29) is 5.58 Å². The van der Waals surface area contributed by atoms with Crippen molar-refractivity contribution in [1.82, 2.24) is 9.88 Å². The first-order valence-corrected chi connectivity index (χ1v) is 11.5. The van der Waals surface area contributed by atoms with Crippen molar-refractivity contribution in [2.24, 2.45) is 0 Å². The number of aromatic carboxylic acids is 1. The third-order valence-electron chi connectivity index (χ3n) is 6.58. The van der Waals surface area contributed by atoms with Crippen LogP contribution in [0.25, 0.3) is 21.9 Å². The van der Waals surface area contributed by atoms with Crippen LogP contribution >= 0.6 is 0 Å². The van der Waals surface area contributed by atoms with Crippen LogP contribution < -0.4 is 10.5 Å². The van der Waals surface area contributed by atoms with E-state index < -0.39 is 17.4 Å². The van der Waals surface area contributed by atoms with Crippen molar-refractivity contribution in [3.63, 3.8) is 0 Å².